The summed E-state index contributed by atoms with van der Waals surface area (Å²) in [5.41, 5.74) is 0. The Hall–Kier alpha value is -0.0800. The molecule has 0 spiro atoms. The van der Waals surface area contributed by atoms with Crippen LogP contribution in [0.3, 0.4) is 0 Å². The van der Waals surface area contributed by atoms with Crippen LogP contribution < -0.4 is 5.32 Å². The van der Waals surface area contributed by atoms with Crippen molar-refractivity contribution in [2.24, 2.45) is 11.8 Å². The van der Waals surface area contributed by atoms with Gasteiger partial charge in [-0.2, -0.15) is 0 Å². The zero-order valence-electron chi connectivity index (χ0n) is 11.3. The van der Waals surface area contributed by atoms with Gasteiger partial charge in [-0.3, -0.25) is 0 Å². The van der Waals surface area contributed by atoms with Crippen LogP contribution in [0.4, 0.5) is 0 Å². The van der Waals surface area contributed by atoms with Crippen molar-refractivity contribution in [1.29, 1.82) is 0 Å². The monoisotopic (exact) mass is 227 g/mol. The number of ether oxygens (including phenoxy) is 1. The fourth-order valence-electron chi connectivity index (χ4n) is 2.29. The summed E-state index contributed by atoms with van der Waals surface area (Å²) in [6.45, 7) is 10.2. The van der Waals surface area contributed by atoms with Crippen LogP contribution in [0, 0.1) is 11.8 Å². The SMILES string of the molecule is CC(C)CNCC(C)CCCC1CCCO1. The molecular weight excluding hydrogens is 198 g/mol. The molecule has 2 unspecified atom stereocenters. The number of rotatable bonds is 8. The fourth-order valence-corrected chi connectivity index (χ4v) is 2.29. The maximum atomic E-state index is 5.63. The molecule has 96 valence electrons. The van der Waals surface area contributed by atoms with Crippen LogP contribution in [0.1, 0.15) is 52.9 Å². The van der Waals surface area contributed by atoms with Crippen LogP contribution in [0.25, 0.3) is 0 Å². The Balaban J connectivity index is 1.91. The van der Waals surface area contributed by atoms with Gasteiger partial charge in [0, 0.05) is 6.61 Å². The van der Waals surface area contributed by atoms with Gasteiger partial charge in [-0.25, -0.2) is 0 Å². The quantitative estimate of drug-likeness (QED) is 0.687. The molecule has 0 saturated carbocycles. The van der Waals surface area contributed by atoms with Crippen molar-refractivity contribution in [3.63, 3.8) is 0 Å². The summed E-state index contributed by atoms with van der Waals surface area (Å²) in [4.78, 5) is 0. The smallest absolute Gasteiger partial charge is 0.0576 e. The molecule has 1 aliphatic rings. The topological polar surface area (TPSA) is 21.3 Å². The first-order chi connectivity index (χ1) is 7.68. The Morgan fingerprint density at radius 3 is 2.69 bits per heavy atom. The van der Waals surface area contributed by atoms with Gasteiger partial charge >= 0.3 is 0 Å². The van der Waals surface area contributed by atoms with Gasteiger partial charge in [0.15, 0.2) is 0 Å². The van der Waals surface area contributed by atoms with Crippen molar-refractivity contribution in [3.8, 4) is 0 Å². The lowest BCUT2D eigenvalue weighted by atomic mass is 10.0. The van der Waals surface area contributed by atoms with E-state index >= 15 is 0 Å². The predicted octanol–water partition coefficient (Wildman–Crippen LogP) is 3.22. The van der Waals surface area contributed by atoms with E-state index in [1.54, 1.807) is 0 Å². The molecule has 2 heteroatoms. The first-order valence-electron chi connectivity index (χ1n) is 7.00. The molecule has 0 aromatic carbocycles. The van der Waals surface area contributed by atoms with Gasteiger partial charge in [0.2, 0.25) is 0 Å². The molecule has 0 radical (unpaired) electrons. The van der Waals surface area contributed by atoms with Gasteiger partial charge in [-0.05, 0) is 50.6 Å². The van der Waals surface area contributed by atoms with Crippen molar-refractivity contribution < 1.29 is 4.74 Å². The predicted molar refractivity (Wildman–Crippen MR) is 69.7 cm³/mol. The standard InChI is InChI=1S/C14H29NO/c1-12(2)10-15-11-13(3)6-4-7-14-8-5-9-16-14/h12-15H,4-11H2,1-3H3. The normalized spacial score (nSPS) is 22.9. The highest BCUT2D eigenvalue weighted by atomic mass is 16.5. The van der Waals surface area contributed by atoms with Gasteiger partial charge in [0.1, 0.15) is 0 Å². The molecule has 0 aromatic heterocycles. The number of nitrogens with one attached hydrogen (secondary N) is 1. The Bertz CT molecular complexity index is 164. The first kappa shape index (κ1) is 14.0. The average Bonchev–Trinajstić information content (AvgIpc) is 2.70. The van der Waals surface area contributed by atoms with E-state index in [4.69, 9.17) is 4.74 Å². The van der Waals surface area contributed by atoms with Gasteiger partial charge in [-0.1, -0.05) is 27.2 Å². The summed E-state index contributed by atoms with van der Waals surface area (Å²) in [6.07, 6.45) is 7.08. The lowest BCUT2D eigenvalue weighted by molar-refractivity contribution is 0.101. The van der Waals surface area contributed by atoms with Crippen molar-refractivity contribution in [2.45, 2.75) is 59.0 Å². The second-order valence-corrected chi connectivity index (χ2v) is 5.72. The van der Waals surface area contributed by atoms with Crippen molar-refractivity contribution in [2.75, 3.05) is 19.7 Å². The Kier molecular flexibility index (Phi) is 7.06. The highest BCUT2D eigenvalue weighted by Crippen LogP contribution is 2.19. The molecule has 0 amide bonds. The molecule has 0 bridgehead atoms. The van der Waals surface area contributed by atoms with Crippen LogP contribution in [-0.4, -0.2) is 25.8 Å². The van der Waals surface area contributed by atoms with Crippen LogP contribution in [0.15, 0.2) is 0 Å². The fraction of sp³-hybridized carbons (Fsp3) is 1.00. The largest absolute Gasteiger partial charge is 0.378 e. The third-order valence-corrected chi connectivity index (χ3v) is 3.29. The second kappa shape index (κ2) is 8.08. The molecule has 1 heterocycles. The summed E-state index contributed by atoms with van der Waals surface area (Å²) < 4.78 is 5.63. The first-order valence-corrected chi connectivity index (χ1v) is 7.00. The average molecular weight is 227 g/mol. The summed E-state index contributed by atoms with van der Waals surface area (Å²) in [5.74, 6) is 1.57. The molecule has 16 heavy (non-hydrogen) atoms. The van der Waals surface area contributed by atoms with Crippen LogP contribution in [0.2, 0.25) is 0 Å². The van der Waals surface area contributed by atoms with Crippen LogP contribution in [-0.2, 0) is 4.74 Å². The highest BCUT2D eigenvalue weighted by Gasteiger charge is 2.15. The van der Waals surface area contributed by atoms with E-state index in [-0.39, 0.29) is 0 Å². The van der Waals surface area contributed by atoms with Crippen LogP contribution >= 0.6 is 0 Å². The van der Waals surface area contributed by atoms with Gasteiger partial charge in [0.05, 0.1) is 6.10 Å². The molecule has 0 aromatic rings. The molecule has 1 N–H and O–H groups in total. The molecule has 1 saturated heterocycles. The minimum atomic E-state index is 0.579. The van der Waals surface area contributed by atoms with E-state index in [1.807, 2.05) is 0 Å². The molecule has 0 aliphatic carbocycles. The summed E-state index contributed by atoms with van der Waals surface area (Å²) in [5, 5.41) is 3.53. The van der Waals surface area contributed by atoms with E-state index in [9.17, 15) is 0 Å². The van der Waals surface area contributed by atoms with Crippen molar-refractivity contribution in [3.05, 3.63) is 0 Å². The van der Waals surface area contributed by atoms with E-state index in [2.05, 4.69) is 26.1 Å². The van der Waals surface area contributed by atoms with Crippen molar-refractivity contribution in [1.82, 2.24) is 5.32 Å². The third-order valence-electron chi connectivity index (χ3n) is 3.29. The Labute approximate surface area is 101 Å². The third kappa shape index (κ3) is 6.49. The van der Waals surface area contributed by atoms with E-state index in [0.29, 0.717) is 6.10 Å². The number of hydrogen-bond donors (Lipinski definition) is 1. The Morgan fingerprint density at radius 2 is 2.06 bits per heavy atom. The minimum absolute atomic E-state index is 0.579. The number of hydrogen-bond acceptors (Lipinski definition) is 2. The van der Waals surface area contributed by atoms with E-state index in [0.717, 1.165) is 25.0 Å². The zero-order chi connectivity index (χ0) is 11.8. The molecule has 2 atom stereocenters. The molecule has 1 rings (SSSR count). The minimum Gasteiger partial charge on any atom is -0.378 e. The molecule has 1 aliphatic heterocycles. The summed E-state index contributed by atoms with van der Waals surface area (Å²) >= 11 is 0. The lowest BCUT2D eigenvalue weighted by Crippen LogP contribution is -2.25. The Morgan fingerprint density at radius 1 is 1.25 bits per heavy atom. The van der Waals surface area contributed by atoms with E-state index < -0.39 is 0 Å². The highest BCUT2D eigenvalue weighted by molar-refractivity contribution is 4.66. The maximum absolute atomic E-state index is 5.63. The zero-order valence-corrected chi connectivity index (χ0v) is 11.3. The summed E-state index contributed by atoms with van der Waals surface area (Å²) in [6, 6.07) is 0. The van der Waals surface area contributed by atoms with Gasteiger partial charge in [0.25, 0.3) is 0 Å². The van der Waals surface area contributed by atoms with E-state index in [1.165, 1.54) is 38.6 Å². The van der Waals surface area contributed by atoms with Crippen molar-refractivity contribution >= 4 is 0 Å². The lowest BCUT2D eigenvalue weighted by Gasteiger charge is -2.15. The summed E-state index contributed by atoms with van der Waals surface area (Å²) in [7, 11) is 0. The molecular formula is C14H29NO. The molecule has 1 fully saturated rings. The van der Waals surface area contributed by atoms with Crippen LogP contribution in [0.5, 0.6) is 0 Å². The molecule has 2 nitrogen and oxygen atoms in total. The maximum Gasteiger partial charge on any atom is 0.0576 e. The van der Waals surface area contributed by atoms with Gasteiger partial charge < -0.3 is 10.1 Å². The van der Waals surface area contributed by atoms with Gasteiger partial charge in [-0.15, -0.1) is 0 Å². The second-order valence-electron chi connectivity index (χ2n) is 5.72.